The number of hydrogen-bond donors (Lipinski definition) is 1. The minimum absolute atomic E-state index is 0.0391. The molecule has 2 rings (SSSR count). The van der Waals surface area contributed by atoms with Gasteiger partial charge in [-0.25, -0.2) is 0 Å². The Bertz CT molecular complexity index is 607. The minimum atomic E-state index is -4.73. The van der Waals surface area contributed by atoms with Gasteiger partial charge in [-0.05, 0) is 19.8 Å². The molecule has 0 atom stereocenters. The summed E-state index contributed by atoms with van der Waals surface area (Å²) in [4.78, 5) is 24.6. The van der Waals surface area contributed by atoms with E-state index in [1.54, 1.807) is 11.8 Å². The van der Waals surface area contributed by atoms with Gasteiger partial charge >= 0.3 is 6.18 Å². The van der Waals surface area contributed by atoms with E-state index in [-0.39, 0.29) is 12.5 Å². The molecule has 0 unspecified atom stereocenters. The van der Waals surface area contributed by atoms with E-state index in [1.165, 1.54) is 0 Å². The third kappa shape index (κ3) is 3.86. The number of aromatic nitrogens is 2. The molecule has 2 N–H and O–H groups in total. The molecule has 0 aromatic carbocycles. The Kier molecular flexibility index (Phi) is 5.47. The number of carbonyl (C=O) groups is 2. The number of amides is 2. The van der Waals surface area contributed by atoms with Gasteiger partial charge in [0.25, 0.3) is 5.91 Å². The van der Waals surface area contributed by atoms with E-state index in [9.17, 15) is 22.8 Å². The lowest BCUT2D eigenvalue weighted by atomic mass is 10.0. The summed E-state index contributed by atoms with van der Waals surface area (Å²) in [7, 11) is 0. The molecule has 1 fully saturated rings. The van der Waals surface area contributed by atoms with Gasteiger partial charge in [-0.3, -0.25) is 14.3 Å². The van der Waals surface area contributed by atoms with Crippen LogP contribution in [-0.4, -0.2) is 52.8 Å². The van der Waals surface area contributed by atoms with Crippen LogP contribution < -0.4 is 5.73 Å². The molecule has 1 aliphatic rings. The van der Waals surface area contributed by atoms with E-state index < -0.39 is 29.4 Å². The van der Waals surface area contributed by atoms with Crippen LogP contribution in [0.15, 0.2) is 6.20 Å². The Balaban J connectivity index is 2.12. The average molecular weight is 348 g/mol. The number of nitrogens with zero attached hydrogens (tertiary/aromatic N) is 3. The average Bonchev–Trinajstić information content (AvgIpc) is 2.98. The molecule has 1 aromatic rings. The van der Waals surface area contributed by atoms with Crippen LogP contribution in [-0.2, 0) is 15.7 Å². The molecule has 10 heteroatoms. The highest BCUT2D eigenvalue weighted by molar-refractivity contribution is 5.93. The summed E-state index contributed by atoms with van der Waals surface area (Å²) in [5.41, 5.74) is 3.23. The van der Waals surface area contributed by atoms with Crippen molar-refractivity contribution < 1.29 is 27.5 Å². The Morgan fingerprint density at radius 2 is 2.00 bits per heavy atom. The van der Waals surface area contributed by atoms with E-state index in [1.807, 2.05) is 0 Å². The van der Waals surface area contributed by atoms with Gasteiger partial charge < -0.3 is 15.4 Å². The van der Waals surface area contributed by atoms with Gasteiger partial charge in [-0.15, -0.1) is 0 Å². The molecule has 24 heavy (non-hydrogen) atoms. The molecule has 0 radical (unpaired) electrons. The number of nitrogens with two attached hydrogens (primary N) is 1. The second-order valence-electron chi connectivity index (χ2n) is 5.46. The smallest absolute Gasteiger partial charge is 0.372 e. The summed E-state index contributed by atoms with van der Waals surface area (Å²) in [6.45, 7) is 2.76. The first-order valence-corrected chi connectivity index (χ1v) is 7.55. The molecule has 1 saturated heterocycles. The number of halogens is 3. The highest BCUT2D eigenvalue weighted by Gasteiger charge is 2.41. The molecule has 7 nitrogen and oxygen atoms in total. The Labute approximate surface area is 136 Å². The Hall–Kier alpha value is -2.10. The van der Waals surface area contributed by atoms with Gasteiger partial charge in [0.15, 0.2) is 5.69 Å². The molecule has 0 spiro atoms. The van der Waals surface area contributed by atoms with Crippen LogP contribution >= 0.6 is 0 Å². The maximum Gasteiger partial charge on any atom is 0.433 e. The van der Waals surface area contributed by atoms with Crippen molar-refractivity contribution in [2.75, 3.05) is 26.3 Å². The largest absolute Gasteiger partial charge is 0.433 e. The molecule has 0 bridgehead atoms. The standard InChI is InChI=1S/C14H19F3N4O3/c1-2-24-8-11(22)20-5-3-9(4-6-20)21-12(14(15,16)17)10(7-19-21)13(18)23/h7,9H,2-6,8H2,1H3,(H2,18,23). The van der Waals surface area contributed by atoms with Crippen LogP contribution in [0.4, 0.5) is 13.2 Å². The van der Waals surface area contributed by atoms with Crippen molar-refractivity contribution in [1.29, 1.82) is 0 Å². The highest BCUT2D eigenvalue weighted by atomic mass is 19.4. The zero-order valence-electron chi connectivity index (χ0n) is 13.2. The molecule has 1 aromatic heterocycles. The Morgan fingerprint density at radius 1 is 1.38 bits per heavy atom. The molecule has 134 valence electrons. The van der Waals surface area contributed by atoms with Crippen molar-refractivity contribution >= 4 is 11.8 Å². The lowest BCUT2D eigenvalue weighted by Gasteiger charge is -2.33. The Morgan fingerprint density at radius 3 is 2.50 bits per heavy atom. The monoisotopic (exact) mass is 348 g/mol. The SMILES string of the molecule is CCOCC(=O)N1CCC(n2ncc(C(N)=O)c2C(F)(F)F)CC1. The number of ether oxygens (including phenoxy) is 1. The van der Waals surface area contributed by atoms with E-state index in [0.29, 0.717) is 32.5 Å². The molecule has 2 heterocycles. The molecule has 2 amide bonds. The summed E-state index contributed by atoms with van der Waals surface area (Å²) in [5, 5.41) is 3.71. The molecule has 0 saturated carbocycles. The second kappa shape index (κ2) is 7.20. The first-order chi connectivity index (χ1) is 11.3. The summed E-state index contributed by atoms with van der Waals surface area (Å²) in [6.07, 6.45) is -3.28. The highest BCUT2D eigenvalue weighted by Crippen LogP contribution is 2.35. The van der Waals surface area contributed by atoms with Crippen molar-refractivity contribution in [3.05, 3.63) is 17.5 Å². The summed E-state index contributed by atoms with van der Waals surface area (Å²) in [5.74, 6) is -1.36. The quantitative estimate of drug-likeness (QED) is 0.866. The van der Waals surface area contributed by atoms with Crippen molar-refractivity contribution in [3.63, 3.8) is 0 Å². The maximum absolute atomic E-state index is 13.3. The van der Waals surface area contributed by atoms with Crippen LogP contribution in [0.25, 0.3) is 0 Å². The molecule has 0 aliphatic carbocycles. The first kappa shape index (κ1) is 18.2. The maximum atomic E-state index is 13.3. The van der Waals surface area contributed by atoms with Crippen LogP contribution in [0.3, 0.4) is 0 Å². The lowest BCUT2D eigenvalue weighted by molar-refractivity contribution is -0.146. The summed E-state index contributed by atoms with van der Waals surface area (Å²) in [6, 6.07) is -0.550. The van der Waals surface area contributed by atoms with Gasteiger partial charge in [0.05, 0.1) is 17.8 Å². The zero-order valence-corrected chi connectivity index (χ0v) is 13.2. The fourth-order valence-electron chi connectivity index (χ4n) is 2.74. The van der Waals surface area contributed by atoms with Crippen molar-refractivity contribution in [2.45, 2.75) is 32.0 Å². The van der Waals surface area contributed by atoms with Crippen molar-refractivity contribution in [1.82, 2.24) is 14.7 Å². The fraction of sp³-hybridized carbons (Fsp3) is 0.643. The number of primary amides is 1. The van der Waals surface area contributed by atoms with Crippen molar-refractivity contribution in [2.24, 2.45) is 5.73 Å². The lowest BCUT2D eigenvalue weighted by Crippen LogP contribution is -2.41. The number of carbonyl (C=O) groups excluding carboxylic acids is 2. The first-order valence-electron chi connectivity index (χ1n) is 7.55. The van der Waals surface area contributed by atoms with E-state index in [4.69, 9.17) is 10.5 Å². The third-order valence-corrected chi connectivity index (χ3v) is 3.92. The normalized spacial score (nSPS) is 16.4. The van der Waals surface area contributed by atoms with Gasteiger partial charge in [0.2, 0.25) is 5.91 Å². The predicted molar refractivity (Wildman–Crippen MR) is 77.1 cm³/mol. The third-order valence-electron chi connectivity index (χ3n) is 3.92. The van der Waals surface area contributed by atoms with Crippen LogP contribution in [0, 0.1) is 0 Å². The minimum Gasteiger partial charge on any atom is -0.372 e. The van der Waals surface area contributed by atoms with E-state index in [0.717, 1.165) is 10.9 Å². The molecule has 1 aliphatic heterocycles. The molecular formula is C14H19F3N4O3. The summed E-state index contributed by atoms with van der Waals surface area (Å²) >= 11 is 0. The van der Waals surface area contributed by atoms with Crippen molar-refractivity contribution in [3.8, 4) is 0 Å². The van der Waals surface area contributed by atoms with E-state index >= 15 is 0 Å². The summed E-state index contributed by atoms with van der Waals surface area (Å²) < 4.78 is 45.6. The number of alkyl halides is 3. The van der Waals surface area contributed by atoms with Gasteiger partial charge in [0, 0.05) is 19.7 Å². The van der Waals surface area contributed by atoms with E-state index in [2.05, 4.69) is 5.10 Å². The van der Waals surface area contributed by atoms with Crippen LogP contribution in [0.5, 0.6) is 0 Å². The number of rotatable bonds is 5. The number of piperidine rings is 1. The van der Waals surface area contributed by atoms with Crippen LogP contribution in [0.2, 0.25) is 0 Å². The van der Waals surface area contributed by atoms with Gasteiger partial charge in [0.1, 0.15) is 6.61 Å². The zero-order chi connectivity index (χ0) is 17.9. The van der Waals surface area contributed by atoms with Crippen LogP contribution in [0.1, 0.15) is 41.9 Å². The number of hydrogen-bond acceptors (Lipinski definition) is 4. The predicted octanol–water partition coefficient (Wildman–Crippen LogP) is 1.20. The topological polar surface area (TPSA) is 90.4 Å². The fourth-order valence-corrected chi connectivity index (χ4v) is 2.74. The number of likely N-dealkylation sites (tertiary alicyclic amines) is 1. The van der Waals surface area contributed by atoms with Gasteiger partial charge in [-0.2, -0.15) is 18.3 Å². The van der Waals surface area contributed by atoms with Gasteiger partial charge in [-0.1, -0.05) is 0 Å². The molecular weight excluding hydrogens is 329 g/mol. The second-order valence-corrected chi connectivity index (χ2v) is 5.46.